The Labute approximate surface area is 142 Å². The van der Waals surface area contributed by atoms with Gasteiger partial charge >= 0.3 is 12.4 Å². The van der Waals surface area contributed by atoms with Gasteiger partial charge in [-0.15, -0.1) is 11.3 Å². The summed E-state index contributed by atoms with van der Waals surface area (Å²) >= 11 is 0.789. The van der Waals surface area contributed by atoms with Gasteiger partial charge in [0, 0.05) is 0 Å². The zero-order valence-electron chi connectivity index (χ0n) is 12.0. The van der Waals surface area contributed by atoms with E-state index in [9.17, 15) is 34.8 Å². The van der Waals surface area contributed by atoms with E-state index in [1.54, 1.807) is 0 Å². The molecule has 0 saturated carbocycles. The third kappa shape index (κ3) is 5.26. The van der Waals surface area contributed by atoms with Crippen LogP contribution in [-0.4, -0.2) is 21.2 Å². The van der Waals surface area contributed by atoms with Crippen molar-refractivity contribution in [3.8, 4) is 5.75 Å². The maximum Gasteiger partial charge on any atom is 0.422 e. The highest BCUT2D eigenvalue weighted by molar-refractivity contribution is 7.94. The molecule has 2 aromatic rings. The SMILES string of the molecule is O=S(=O)(Nc1cc(C(F)(F)F)ccc1OCC(F)(F)F)c1cccs1. The van der Waals surface area contributed by atoms with E-state index in [1.807, 2.05) is 4.72 Å². The topological polar surface area (TPSA) is 55.4 Å². The minimum atomic E-state index is -4.81. The van der Waals surface area contributed by atoms with Gasteiger partial charge in [-0.05, 0) is 29.6 Å². The van der Waals surface area contributed by atoms with Crippen molar-refractivity contribution in [3.05, 3.63) is 41.3 Å². The zero-order chi connectivity index (χ0) is 18.9. The van der Waals surface area contributed by atoms with Crippen molar-refractivity contribution >= 4 is 27.0 Å². The number of alkyl halides is 6. The number of thiophene rings is 1. The minimum absolute atomic E-state index is 0.216. The van der Waals surface area contributed by atoms with E-state index < -0.39 is 46.0 Å². The molecule has 12 heteroatoms. The van der Waals surface area contributed by atoms with Crippen molar-refractivity contribution in [2.24, 2.45) is 0 Å². The number of halogens is 6. The van der Waals surface area contributed by atoms with E-state index in [1.165, 1.54) is 17.5 Å². The lowest BCUT2D eigenvalue weighted by molar-refractivity contribution is -0.153. The quantitative estimate of drug-likeness (QED) is 0.745. The molecule has 0 aliphatic carbocycles. The lowest BCUT2D eigenvalue weighted by Gasteiger charge is -2.16. The first-order valence-corrected chi connectivity index (χ1v) is 8.72. The van der Waals surface area contributed by atoms with Crippen LogP contribution in [0.3, 0.4) is 0 Å². The van der Waals surface area contributed by atoms with Crippen LogP contribution in [0.25, 0.3) is 0 Å². The van der Waals surface area contributed by atoms with Crippen molar-refractivity contribution in [3.63, 3.8) is 0 Å². The minimum Gasteiger partial charge on any atom is -0.482 e. The van der Waals surface area contributed by atoms with E-state index in [4.69, 9.17) is 0 Å². The van der Waals surface area contributed by atoms with Gasteiger partial charge in [-0.3, -0.25) is 4.72 Å². The summed E-state index contributed by atoms with van der Waals surface area (Å²) in [5, 5.41) is 1.42. The molecule has 0 aliphatic rings. The van der Waals surface area contributed by atoms with Gasteiger partial charge in [0.05, 0.1) is 11.3 Å². The van der Waals surface area contributed by atoms with Crippen LogP contribution in [0.4, 0.5) is 32.0 Å². The molecular weight excluding hydrogens is 396 g/mol. The molecule has 138 valence electrons. The normalized spacial score (nSPS) is 12.9. The predicted molar refractivity (Wildman–Crippen MR) is 78.1 cm³/mol. The number of hydrogen-bond donors (Lipinski definition) is 1. The van der Waals surface area contributed by atoms with Gasteiger partial charge < -0.3 is 4.74 Å². The summed E-state index contributed by atoms with van der Waals surface area (Å²) in [6.45, 7) is -1.79. The summed E-state index contributed by atoms with van der Waals surface area (Å²) in [6, 6.07) is 4.08. The van der Waals surface area contributed by atoms with E-state index >= 15 is 0 Å². The van der Waals surface area contributed by atoms with Gasteiger partial charge in [0.2, 0.25) is 0 Å². The lowest BCUT2D eigenvalue weighted by Crippen LogP contribution is -2.20. The lowest BCUT2D eigenvalue weighted by atomic mass is 10.2. The molecular formula is C13H9F6NO3S2. The standard InChI is InChI=1S/C13H9F6NO3S2/c14-12(15,16)7-23-10-4-3-8(13(17,18)19)6-9(10)20-25(21,22)11-2-1-5-24-11/h1-6,20H,7H2. The van der Waals surface area contributed by atoms with Gasteiger partial charge in [-0.2, -0.15) is 26.3 Å². The van der Waals surface area contributed by atoms with Crippen molar-refractivity contribution in [1.29, 1.82) is 0 Å². The monoisotopic (exact) mass is 405 g/mol. The molecule has 0 saturated heterocycles. The number of nitrogens with one attached hydrogen (secondary N) is 1. The van der Waals surface area contributed by atoms with Crippen molar-refractivity contribution in [1.82, 2.24) is 0 Å². The summed E-state index contributed by atoms with van der Waals surface area (Å²) in [6.07, 6.45) is -9.56. The molecule has 0 radical (unpaired) electrons. The smallest absolute Gasteiger partial charge is 0.422 e. The van der Waals surface area contributed by atoms with E-state index in [-0.39, 0.29) is 4.21 Å². The molecule has 0 fully saturated rings. The van der Waals surface area contributed by atoms with Crippen LogP contribution in [0.1, 0.15) is 5.56 Å². The number of sulfonamides is 1. The van der Waals surface area contributed by atoms with E-state index in [2.05, 4.69) is 4.74 Å². The molecule has 1 heterocycles. The Morgan fingerprint density at radius 3 is 2.28 bits per heavy atom. The number of anilines is 1. The Balaban J connectivity index is 2.41. The molecule has 2 rings (SSSR count). The Morgan fingerprint density at radius 2 is 1.76 bits per heavy atom. The van der Waals surface area contributed by atoms with Crippen molar-refractivity contribution in [2.45, 2.75) is 16.6 Å². The number of benzene rings is 1. The number of rotatable bonds is 5. The molecule has 1 N–H and O–H groups in total. The fourth-order valence-corrected chi connectivity index (χ4v) is 3.74. The van der Waals surface area contributed by atoms with Crippen LogP contribution in [0.15, 0.2) is 39.9 Å². The second kappa shape index (κ2) is 6.75. The zero-order valence-corrected chi connectivity index (χ0v) is 13.6. The Morgan fingerprint density at radius 1 is 1.08 bits per heavy atom. The first-order chi connectivity index (χ1) is 11.4. The van der Waals surface area contributed by atoms with E-state index in [0.29, 0.717) is 18.2 Å². The average Bonchev–Trinajstić information content (AvgIpc) is 2.98. The third-order valence-electron chi connectivity index (χ3n) is 2.70. The summed E-state index contributed by atoms with van der Waals surface area (Å²) in [4.78, 5) is 0. The van der Waals surface area contributed by atoms with Crippen LogP contribution < -0.4 is 9.46 Å². The maximum atomic E-state index is 12.8. The van der Waals surface area contributed by atoms with Gasteiger partial charge in [-0.25, -0.2) is 8.42 Å². The molecule has 0 unspecified atom stereocenters. The van der Waals surface area contributed by atoms with Crippen LogP contribution in [0.5, 0.6) is 5.75 Å². The highest BCUT2D eigenvalue weighted by Crippen LogP contribution is 2.36. The van der Waals surface area contributed by atoms with Gasteiger partial charge in [0.1, 0.15) is 9.96 Å². The first kappa shape index (κ1) is 19.4. The van der Waals surface area contributed by atoms with Gasteiger partial charge in [0.15, 0.2) is 6.61 Å². The molecule has 0 bridgehead atoms. The van der Waals surface area contributed by atoms with Crippen LogP contribution in [0, 0.1) is 0 Å². The Kier molecular flexibility index (Phi) is 5.23. The maximum absolute atomic E-state index is 12.8. The highest BCUT2D eigenvalue weighted by Gasteiger charge is 2.33. The Bertz CT molecular complexity index is 828. The number of hydrogen-bond acceptors (Lipinski definition) is 4. The molecule has 1 aromatic heterocycles. The fraction of sp³-hybridized carbons (Fsp3) is 0.231. The average molecular weight is 405 g/mol. The van der Waals surface area contributed by atoms with Crippen LogP contribution in [-0.2, 0) is 16.2 Å². The molecule has 0 amide bonds. The number of ether oxygens (including phenoxy) is 1. The third-order valence-corrected chi connectivity index (χ3v) is 5.47. The molecule has 25 heavy (non-hydrogen) atoms. The summed E-state index contributed by atoms with van der Waals surface area (Å²) in [5.41, 5.74) is -1.98. The Hall–Kier alpha value is -1.95. The first-order valence-electron chi connectivity index (χ1n) is 6.36. The summed E-state index contributed by atoms with van der Waals surface area (Å²) in [5.74, 6) is -0.676. The van der Waals surface area contributed by atoms with E-state index in [0.717, 1.165) is 11.3 Å². The van der Waals surface area contributed by atoms with Crippen molar-refractivity contribution in [2.75, 3.05) is 11.3 Å². The predicted octanol–water partition coefficient (Wildman–Crippen LogP) is 4.51. The summed E-state index contributed by atoms with van der Waals surface area (Å²) in [7, 11) is -4.27. The molecule has 0 atom stereocenters. The largest absolute Gasteiger partial charge is 0.482 e. The molecule has 0 spiro atoms. The highest BCUT2D eigenvalue weighted by atomic mass is 32.2. The summed E-state index contributed by atoms with van der Waals surface area (Å²) < 4.78 is 105. The van der Waals surface area contributed by atoms with Gasteiger partial charge in [-0.1, -0.05) is 6.07 Å². The van der Waals surface area contributed by atoms with Gasteiger partial charge in [0.25, 0.3) is 10.0 Å². The van der Waals surface area contributed by atoms with Crippen LogP contribution >= 0.6 is 11.3 Å². The molecule has 1 aromatic carbocycles. The van der Waals surface area contributed by atoms with Crippen LogP contribution in [0.2, 0.25) is 0 Å². The molecule has 0 aliphatic heterocycles. The fourth-order valence-electron chi connectivity index (χ4n) is 1.68. The molecule has 4 nitrogen and oxygen atoms in total. The second-order valence-corrected chi connectivity index (χ2v) is 7.51. The second-order valence-electron chi connectivity index (χ2n) is 4.65. The van der Waals surface area contributed by atoms with Crippen molar-refractivity contribution < 1.29 is 39.5 Å².